The number of likely N-dealkylation sites (tertiary alicyclic amines) is 1. The highest BCUT2D eigenvalue weighted by Gasteiger charge is 2.26. The van der Waals surface area contributed by atoms with Crippen LogP contribution in [0.25, 0.3) is 11.1 Å². The van der Waals surface area contributed by atoms with Gasteiger partial charge in [0.2, 0.25) is 0 Å². The molecule has 1 fully saturated rings. The van der Waals surface area contributed by atoms with Crippen LogP contribution in [-0.2, 0) is 0 Å². The smallest absolute Gasteiger partial charge is 0.289 e. The van der Waals surface area contributed by atoms with Gasteiger partial charge < -0.3 is 14.6 Å². The van der Waals surface area contributed by atoms with Crippen LogP contribution in [0.4, 0.5) is 5.82 Å². The van der Waals surface area contributed by atoms with Crippen molar-refractivity contribution in [3.63, 3.8) is 0 Å². The van der Waals surface area contributed by atoms with E-state index < -0.39 is 0 Å². The second kappa shape index (κ2) is 6.51. The van der Waals surface area contributed by atoms with E-state index in [0.29, 0.717) is 30.5 Å². The number of aromatic nitrogens is 3. The Morgan fingerprint density at radius 1 is 1.28 bits per heavy atom. The summed E-state index contributed by atoms with van der Waals surface area (Å²) < 4.78 is 5.67. The van der Waals surface area contributed by atoms with Crippen LogP contribution in [0.1, 0.15) is 29.1 Å². The predicted octanol–water partition coefficient (Wildman–Crippen LogP) is 2.64. The van der Waals surface area contributed by atoms with Crippen molar-refractivity contribution in [2.45, 2.75) is 25.8 Å². The number of nitrogens with zero attached hydrogens (tertiary/aromatic N) is 4. The number of piperidine rings is 1. The third-order valence-electron chi connectivity index (χ3n) is 4.43. The van der Waals surface area contributed by atoms with Crippen molar-refractivity contribution in [2.24, 2.45) is 0 Å². The van der Waals surface area contributed by atoms with Crippen LogP contribution in [0.3, 0.4) is 0 Å². The molecule has 1 amide bonds. The van der Waals surface area contributed by atoms with Gasteiger partial charge >= 0.3 is 0 Å². The van der Waals surface area contributed by atoms with Crippen LogP contribution in [0.15, 0.2) is 40.9 Å². The second-order valence-electron chi connectivity index (χ2n) is 6.27. The Morgan fingerprint density at radius 2 is 2.12 bits per heavy atom. The van der Waals surface area contributed by atoms with E-state index in [1.807, 2.05) is 36.1 Å². The number of rotatable bonds is 3. The average Bonchev–Trinajstić information content (AvgIpc) is 3.06. The van der Waals surface area contributed by atoms with Gasteiger partial charge in [-0.3, -0.25) is 4.79 Å². The van der Waals surface area contributed by atoms with E-state index in [4.69, 9.17) is 4.42 Å². The summed E-state index contributed by atoms with van der Waals surface area (Å²) in [5.41, 5.74) is 2.28. The van der Waals surface area contributed by atoms with Crippen LogP contribution in [-0.4, -0.2) is 45.1 Å². The Bertz CT molecular complexity index is 885. The number of carbonyl (C=O) groups excluding carboxylic acids is 1. The Kier molecular flexibility index (Phi) is 4.05. The van der Waals surface area contributed by atoms with Gasteiger partial charge in [-0.15, -0.1) is 5.10 Å². The highest BCUT2D eigenvalue weighted by molar-refractivity contribution is 5.95. The minimum Gasteiger partial charge on any atom is -0.449 e. The summed E-state index contributed by atoms with van der Waals surface area (Å²) in [5, 5.41) is 11.3. The molecule has 0 aliphatic carbocycles. The summed E-state index contributed by atoms with van der Waals surface area (Å²) in [7, 11) is 0. The van der Waals surface area contributed by atoms with Crippen molar-refractivity contribution in [1.82, 2.24) is 20.1 Å². The Morgan fingerprint density at radius 3 is 2.88 bits per heavy atom. The van der Waals surface area contributed by atoms with Gasteiger partial charge in [-0.05, 0) is 44.0 Å². The average molecular weight is 337 g/mol. The number of hydrogen-bond acceptors (Lipinski definition) is 6. The van der Waals surface area contributed by atoms with Crippen LogP contribution in [0.2, 0.25) is 0 Å². The maximum atomic E-state index is 12.7. The molecule has 1 N–H and O–H groups in total. The summed E-state index contributed by atoms with van der Waals surface area (Å²) in [6.07, 6.45) is 3.37. The van der Waals surface area contributed by atoms with E-state index in [-0.39, 0.29) is 5.91 Å². The topological polar surface area (TPSA) is 84.2 Å². The molecule has 0 aromatic carbocycles. The van der Waals surface area contributed by atoms with Gasteiger partial charge in [0.25, 0.3) is 5.91 Å². The van der Waals surface area contributed by atoms with E-state index in [9.17, 15) is 4.79 Å². The molecule has 0 bridgehead atoms. The van der Waals surface area contributed by atoms with Crippen molar-refractivity contribution in [1.29, 1.82) is 0 Å². The number of hydrogen-bond donors (Lipinski definition) is 1. The van der Waals surface area contributed by atoms with Crippen LogP contribution >= 0.6 is 0 Å². The number of carbonyl (C=O) groups is 1. The van der Waals surface area contributed by atoms with Crippen molar-refractivity contribution < 1.29 is 9.21 Å². The fraction of sp³-hybridized carbons (Fsp3) is 0.333. The van der Waals surface area contributed by atoms with Crippen LogP contribution in [0.5, 0.6) is 0 Å². The summed E-state index contributed by atoms with van der Waals surface area (Å²) in [4.78, 5) is 18.9. The summed E-state index contributed by atoms with van der Waals surface area (Å²) >= 11 is 0. The van der Waals surface area contributed by atoms with Gasteiger partial charge in [0.1, 0.15) is 11.3 Å². The number of nitrogens with one attached hydrogen (secondary N) is 1. The lowest BCUT2D eigenvalue weighted by Gasteiger charge is -2.32. The highest BCUT2D eigenvalue weighted by atomic mass is 16.3. The first kappa shape index (κ1) is 15.6. The maximum absolute atomic E-state index is 12.7. The van der Waals surface area contributed by atoms with Gasteiger partial charge in [0, 0.05) is 37.1 Å². The minimum absolute atomic E-state index is 0.0754. The molecule has 1 aliphatic rings. The summed E-state index contributed by atoms with van der Waals surface area (Å²) in [5.74, 6) is 1.05. The molecule has 4 heterocycles. The first-order valence-electron chi connectivity index (χ1n) is 8.40. The standard InChI is InChI=1S/C18H19N5O2/c1-12-4-5-15-14(20-12)11-16(25-15)18(24)23-9-6-13(7-10-23)21-17-3-2-8-19-22-17/h2-5,8,11,13H,6-7,9-10H2,1H3,(H,21,22). The lowest BCUT2D eigenvalue weighted by Crippen LogP contribution is -2.42. The molecule has 0 radical (unpaired) electrons. The molecule has 7 nitrogen and oxygen atoms in total. The number of pyridine rings is 1. The van der Waals surface area contributed by atoms with Crippen molar-refractivity contribution in [2.75, 3.05) is 18.4 Å². The Labute approximate surface area is 145 Å². The van der Waals surface area contributed by atoms with E-state index in [1.54, 1.807) is 12.3 Å². The van der Waals surface area contributed by atoms with E-state index in [1.165, 1.54) is 0 Å². The van der Waals surface area contributed by atoms with Crippen LogP contribution in [0, 0.1) is 6.92 Å². The second-order valence-corrected chi connectivity index (χ2v) is 6.27. The quantitative estimate of drug-likeness (QED) is 0.791. The molecule has 0 unspecified atom stereocenters. The molecule has 7 heteroatoms. The third kappa shape index (κ3) is 3.31. The lowest BCUT2D eigenvalue weighted by molar-refractivity contribution is 0.0688. The number of amides is 1. The molecule has 3 aromatic heterocycles. The van der Waals surface area contributed by atoms with Gasteiger partial charge in [-0.1, -0.05) is 0 Å². The molecule has 4 rings (SSSR count). The number of furan rings is 1. The molecule has 25 heavy (non-hydrogen) atoms. The van der Waals surface area contributed by atoms with Crippen molar-refractivity contribution in [3.8, 4) is 0 Å². The number of aryl methyl sites for hydroxylation is 1. The van der Waals surface area contributed by atoms with E-state index in [2.05, 4.69) is 20.5 Å². The molecule has 0 saturated carbocycles. The van der Waals surface area contributed by atoms with E-state index in [0.717, 1.165) is 29.9 Å². The SMILES string of the molecule is Cc1ccc2oc(C(=O)N3CCC(Nc4cccnn4)CC3)cc2n1. The maximum Gasteiger partial charge on any atom is 0.289 e. The lowest BCUT2D eigenvalue weighted by atomic mass is 10.0. The monoisotopic (exact) mass is 337 g/mol. The van der Waals surface area contributed by atoms with E-state index >= 15 is 0 Å². The first-order chi connectivity index (χ1) is 12.2. The molecular weight excluding hydrogens is 318 g/mol. The third-order valence-corrected chi connectivity index (χ3v) is 4.43. The van der Waals surface area contributed by atoms with Gasteiger partial charge in [-0.2, -0.15) is 5.10 Å². The largest absolute Gasteiger partial charge is 0.449 e. The molecule has 128 valence electrons. The van der Waals surface area contributed by atoms with Crippen molar-refractivity contribution >= 4 is 22.8 Å². The fourth-order valence-electron chi connectivity index (χ4n) is 3.10. The molecular formula is C18H19N5O2. The normalized spacial score (nSPS) is 15.5. The molecule has 0 atom stereocenters. The summed E-state index contributed by atoms with van der Waals surface area (Å²) in [6, 6.07) is 9.50. The summed E-state index contributed by atoms with van der Waals surface area (Å²) in [6.45, 7) is 3.28. The number of fused-ring (bicyclic) bond motifs is 1. The first-order valence-corrected chi connectivity index (χ1v) is 8.40. The highest BCUT2D eigenvalue weighted by Crippen LogP contribution is 2.21. The number of anilines is 1. The van der Waals surface area contributed by atoms with Gasteiger partial charge in [-0.25, -0.2) is 4.98 Å². The zero-order chi connectivity index (χ0) is 17.2. The molecule has 1 saturated heterocycles. The Balaban J connectivity index is 1.40. The molecule has 3 aromatic rings. The predicted molar refractivity (Wildman–Crippen MR) is 93.3 cm³/mol. The molecule has 0 spiro atoms. The Hall–Kier alpha value is -2.96. The van der Waals surface area contributed by atoms with Crippen LogP contribution < -0.4 is 5.32 Å². The molecule has 1 aliphatic heterocycles. The fourth-order valence-corrected chi connectivity index (χ4v) is 3.10. The zero-order valence-electron chi connectivity index (χ0n) is 14.0. The zero-order valence-corrected chi connectivity index (χ0v) is 14.0. The van der Waals surface area contributed by atoms with Gasteiger partial charge in [0.15, 0.2) is 11.3 Å². The van der Waals surface area contributed by atoms with Crippen molar-refractivity contribution in [3.05, 3.63) is 48.0 Å². The minimum atomic E-state index is -0.0754. The van der Waals surface area contributed by atoms with Gasteiger partial charge in [0.05, 0.1) is 0 Å².